The number of hydrazine groups is 1. The second kappa shape index (κ2) is 5.66. The number of fused-ring (bicyclic) bond motifs is 1. The van der Waals surface area contributed by atoms with Crippen molar-refractivity contribution in [2.75, 3.05) is 0 Å². The van der Waals surface area contributed by atoms with E-state index in [0.29, 0.717) is 0 Å². The quantitative estimate of drug-likeness (QED) is 0.571. The Balaban J connectivity index is 1.98. The third-order valence-electron chi connectivity index (χ3n) is 3.28. The van der Waals surface area contributed by atoms with Crippen LogP contribution in [0.25, 0.3) is 10.8 Å². The average molecular weight is 284 g/mol. The number of thiazole rings is 1. The standard InChI is InChI=1S/C15H16N4S/c1-10-9-20-14(18-10)8-13(19-16)15-12-5-3-2-4-11(12)6-7-17-15/h2-7,9,13,19H,8,16H2,1H3. The van der Waals surface area contributed by atoms with Crippen LogP contribution >= 0.6 is 11.3 Å². The van der Waals surface area contributed by atoms with Gasteiger partial charge in [-0.05, 0) is 18.4 Å². The predicted octanol–water partition coefficient (Wildman–Crippen LogP) is 2.75. The number of pyridine rings is 1. The first-order valence-corrected chi connectivity index (χ1v) is 7.36. The molecule has 0 aliphatic carbocycles. The molecule has 102 valence electrons. The van der Waals surface area contributed by atoms with E-state index in [2.05, 4.69) is 32.9 Å². The highest BCUT2D eigenvalue weighted by atomic mass is 32.1. The summed E-state index contributed by atoms with van der Waals surface area (Å²) < 4.78 is 0. The minimum Gasteiger partial charge on any atom is -0.271 e. The maximum absolute atomic E-state index is 5.74. The summed E-state index contributed by atoms with van der Waals surface area (Å²) in [4.78, 5) is 9.01. The van der Waals surface area contributed by atoms with Crippen LogP contribution in [-0.2, 0) is 6.42 Å². The van der Waals surface area contributed by atoms with Gasteiger partial charge in [0.25, 0.3) is 0 Å². The van der Waals surface area contributed by atoms with E-state index >= 15 is 0 Å². The van der Waals surface area contributed by atoms with Crippen molar-refractivity contribution in [2.24, 2.45) is 5.84 Å². The molecular weight excluding hydrogens is 268 g/mol. The monoisotopic (exact) mass is 284 g/mol. The van der Waals surface area contributed by atoms with Gasteiger partial charge in [0.1, 0.15) is 0 Å². The molecule has 0 radical (unpaired) electrons. The third kappa shape index (κ3) is 2.56. The van der Waals surface area contributed by atoms with Crippen LogP contribution in [0.1, 0.15) is 22.4 Å². The number of benzene rings is 1. The van der Waals surface area contributed by atoms with Gasteiger partial charge >= 0.3 is 0 Å². The highest BCUT2D eigenvalue weighted by molar-refractivity contribution is 7.09. The molecule has 1 aromatic carbocycles. The summed E-state index contributed by atoms with van der Waals surface area (Å²) in [6.07, 6.45) is 2.57. The van der Waals surface area contributed by atoms with E-state index in [4.69, 9.17) is 5.84 Å². The Morgan fingerprint density at radius 2 is 2.15 bits per heavy atom. The minimum atomic E-state index is -0.0355. The van der Waals surface area contributed by atoms with Crippen molar-refractivity contribution in [3.63, 3.8) is 0 Å². The molecule has 0 aliphatic heterocycles. The van der Waals surface area contributed by atoms with Crippen LogP contribution < -0.4 is 11.3 Å². The van der Waals surface area contributed by atoms with E-state index in [1.54, 1.807) is 11.3 Å². The van der Waals surface area contributed by atoms with E-state index < -0.39 is 0 Å². The molecule has 3 N–H and O–H groups in total. The summed E-state index contributed by atoms with van der Waals surface area (Å²) in [5, 5.41) is 5.43. The van der Waals surface area contributed by atoms with E-state index in [1.165, 1.54) is 5.39 Å². The summed E-state index contributed by atoms with van der Waals surface area (Å²) >= 11 is 1.66. The number of nitrogens with one attached hydrogen (secondary N) is 1. The summed E-state index contributed by atoms with van der Waals surface area (Å²) in [5.41, 5.74) is 4.89. The first-order chi connectivity index (χ1) is 9.78. The summed E-state index contributed by atoms with van der Waals surface area (Å²) in [6.45, 7) is 2.00. The Labute approximate surface area is 121 Å². The molecule has 0 aliphatic rings. The zero-order chi connectivity index (χ0) is 13.9. The van der Waals surface area contributed by atoms with Crippen molar-refractivity contribution < 1.29 is 0 Å². The molecule has 4 nitrogen and oxygen atoms in total. The number of rotatable bonds is 4. The van der Waals surface area contributed by atoms with Gasteiger partial charge in [0.2, 0.25) is 0 Å². The molecule has 0 amide bonds. The molecule has 0 saturated heterocycles. The molecule has 20 heavy (non-hydrogen) atoms. The minimum absolute atomic E-state index is 0.0355. The normalized spacial score (nSPS) is 12.7. The van der Waals surface area contributed by atoms with Crippen molar-refractivity contribution in [3.8, 4) is 0 Å². The van der Waals surface area contributed by atoms with Gasteiger partial charge in [-0.1, -0.05) is 24.3 Å². The van der Waals surface area contributed by atoms with Crippen molar-refractivity contribution >= 4 is 22.1 Å². The van der Waals surface area contributed by atoms with Gasteiger partial charge < -0.3 is 0 Å². The van der Waals surface area contributed by atoms with Crippen molar-refractivity contribution in [3.05, 3.63) is 58.3 Å². The van der Waals surface area contributed by atoms with E-state index in [9.17, 15) is 0 Å². The Morgan fingerprint density at radius 1 is 1.30 bits per heavy atom. The molecule has 0 spiro atoms. The first-order valence-electron chi connectivity index (χ1n) is 6.48. The maximum atomic E-state index is 5.74. The average Bonchev–Trinajstić information content (AvgIpc) is 2.89. The highest BCUT2D eigenvalue weighted by Gasteiger charge is 2.16. The van der Waals surface area contributed by atoms with Gasteiger partial charge in [-0.25, -0.2) is 4.98 Å². The molecule has 2 heterocycles. The van der Waals surface area contributed by atoms with Gasteiger partial charge in [-0.2, -0.15) is 0 Å². The number of nitrogens with two attached hydrogens (primary N) is 1. The van der Waals surface area contributed by atoms with Crippen molar-refractivity contribution in [2.45, 2.75) is 19.4 Å². The lowest BCUT2D eigenvalue weighted by molar-refractivity contribution is 0.541. The van der Waals surface area contributed by atoms with Crippen LogP contribution in [0, 0.1) is 6.92 Å². The summed E-state index contributed by atoms with van der Waals surface area (Å²) in [6, 6.07) is 10.2. The molecule has 1 atom stereocenters. The van der Waals surface area contributed by atoms with Crippen LogP contribution in [0.15, 0.2) is 41.9 Å². The summed E-state index contributed by atoms with van der Waals surface area (Å²) in [7, 11) is 0. The molecule has 0 saturated carbocycles. The molecule has 3 rings (SSSR count). The van der Waals surface area contributed by atoms with E-state index in [1.807, 2.05) is 31.3 Å². The Bertz CT molecular complexity index is 717. The van der Waals surface area contributed by atoms with Gasteiger partial charge in [0.05, 0.1) is 16.7 Å². The zero-order valence-corrected chi connectivity index (χ0v) is 12.0. The van der Waals surface area contributed by atoms with Crippen LogP contribution in [0.2, 0.25) is 0 Å². The van der Waals surface area contributed by atoms with Crippen LogP contribution in [0.4, 0.5) is 0 Å². The van der Waals surface area contributed by atoms with Crippen LogP contribution in [0.3, 0.4) is 0 Å². The lowest BCUT2D eigenvalue weighted by Gasteiger charge is -2.16. The fourth-order valence-electron chi connectivity index (χ4n) is 2.33. The predicted molar refractivity (Wildman–Crippen MR) is 82.4 cm³/mol. The van der Waals surface area contributed by atoms with Gasteiger partial charge in [0.15, 0.2) is 0 Å². The lowest BCUT2D eigenvalue weighted by Crippen LogP contribution is -2.30. The number of aromatic nitrogens is 2. The highest BCUT2D eigenvalue weighted by Crippen LogP contribution is 2.25. The smallest absolute Gasteiger partial charge is 0.0948 e. The van der Waals surface area contributed by atoms with E-state index in [-0.39, 0.29) is 6.04 Å². The van der Waals surface area contributed by atoms with Gasteiger partial charge in [0, 0.05) is 29.1 Å². The second-order valence-corrected chi connectivity index (χ2v) is 5.67. The molecular formula is C15H16N4S. The number of nitrogens with zero attached hydrogens (tertiary/aromatic N) is 2. The third-order valence-corrected chi connectivity index (χ3v) is 4.27. The molecule has 1 unspecified atom stereocenters. The fourth-order valence-corrected chi connectivity index (χ4v) is 3.15. The molecule has 2 aromatic heterocycles. The summed E-state index contributed by atoms with van der Waals surface area (Å²) in [5.74, 6) is 5.74. The zero-order valence-electron chi connectivity index (χ0n) is 11.2. The Morgan fingerprint density at radius 3 is 2.90 bits per heavy atom. The lowest BCUT2D eigenvalue weighted by atomic mass is 10.0. The number of aryl methyl sites for hydroxylation is 1. The maximum Gasteiger partial charge on any atom is 0.0948 e. The van der Waals surface area contributed by atoms with Crippen molar-refractivity contribution in [1.82, 2.24) is 15.4 Å². The van der Waals surface area contributed by atoms with Crippen LogP contribution in [0.5, 0.6) is 0 Å². The van der Waals surface area contributed by atoms with E-state index in [0.717, 1.165) is 28.2 Å². The number of hydrogen-bond acceptors (Lipinski definition) is 5. The van der Waals surface area contributed by atoms with Gasteiger partial charge in [-0.3, -0.25) is 16.3 Å². The Kier molecular flexibility index (Phi) is 3.73. The Hall–Kier alpha value is -1.82. The molecule has 0 fully saturated rings. The number of hydrogen-bond donors (Lipinski definition) is 2. The molecule has 0 bridgehead atoms. The van der Waals surface area contributed by atoms with Crippen molar-refractivity contribution in [1.29, 1.82) is 0 Å². The topological polar surface area (TPSA) is 63.8 Å². The van der Waals surface area contributed by atoms with Crippen LogP contribution in [-0.4, -0.2) is 9.97 Å². The SMILES string of the molecule is Cc1csc(CC(NN)c2nccc3ccccc23)n1. The first kappa shape index (κ1) is 13.2. The largest absolute Gasteiger partial charge is 0.271 e. The van der Waals surface area contributed by atoms with Gasteiger partial charge in [-0.15, -0.1) is 11.3 Å². The molecule has 5 heteroatoms. The second-order valence-electron chi connectivity index (χ2n) is 4.72. The molecule has 3 aromatic rings. The fraction of sp³-hybridized carbons (Fsp3) is 0.200.